The standard InChI is InChI=1S/C13H19ClN4O3/c1-4-17(5-2)8-9(3)16-13(19)10-6-7-15-12(14)11(10)18(20)21/h6-7,9H,4-5,8H2,1-3H3,(H,16,19). The second-order valence-corrected chi connectivity index (χ2v) is 4.97. The van der Waals surface area contributed by atoms with E-state index >= 15 is 0 Å². The fourth-order valence-electron chi connectivity index (χ4n) is 2.00. The van der Waals surface area contributed by atoms with Crippen LogP contribution in [0.5, 0.6) is 0 Å². The molecule has 0 aliphatic heterocycles. The molecule has 0 spiro atoms. The van der Waals surface area contributed by atoms with Gasteiger partial charge in [-0.3, -0.25) is 14.9 Å². The van der Waals surface area contributed by atoms with E-state index < -0.39 is 16.5 Å². The summed E-state index contributed by atoms with van der Waals surface area (Å²) in [6.45, 7) is 8.34. The lowest BCUT2D eigenvalue weighted by atomic mass is 10.2. The van der Waals surface area contributed by atoms with E-state index in [1.807, 2.05) is 20.8 Å². The molecule has 1 unspecified atom stereocenters. The Kier molecular flexibility index (Phi) is 6.51. The van der Waals surface area contributed by atoms with Crippen LogP contribution in [0.4, 0.5) is 5.69 Å². The van der Waals surface area contributed by atoms with Crippen LogP contribution in [0, 0.1) is 10.1 Å². The number of nitro groups is 1. The van der Waals surface area contributed by atoms with E-state index in [9.17, 15) is 14.9 Å². The van der Waals surface area contributed by atoms with Crippen molar-refractivity contribution in [1.29, 1.82) is 0 Å². The number of hydrogen-bond acceptors (Lipinski definition) is 5. The summed E-state index contributed by atoms with van der Waals surface area (Å²) >= 11 is 5.69. The first-order valence-corrected chi connectivity index (χ1v) is 7.10. The molecule has 0 aliphatic carbocycles. The largest absolute Gasteiger partial charge is 0.348 e. The maximum absolute atomic E-state index is 12.2. The van der Waals surface area contributed by atoms with Crippen molar-refractivity contribution < 1.29 is 9.72 Å². The highest BCUT2D eigenvalue weighted by Gasteiger charge is 2.25. The summed E-state index contributed by atoms with van der Waals surface area (Å²) in [5.74, 6) is -0.523. The topological polar surface area (TPSA) is 88.4 Å². The molecule has 0 fully saturated rings. The van der Waals surface area contributed by atoms with Gasteiger partial charge in [-0.2, -0.15) is 0 Å². The number of pyridine rings is 1. The quantitative estimate of drug-likeness (QED) is 0.473. The molecule has 21 heavy (non-hydrogen) atoms. The average molecular weight is 315 g/mol. The second-order valence-electron chi connectivity index (χ2n) is 4.62. The lowest BCUT2D eigenvalue weighted by Crippen LogP contribution is -2.42. The smallest absolute Gasteiger partial charge is 0.319 e. The maximum Gasteiger partial charge on any atom is 0.319 e. The molecular formula is C13H19ClN4O3. The Bertz CT molecular complexity index is 520. The molecule has 0 aromatic carbocycles. The number of halogens is 1. The van der Waals surface area contributed by atoms with Gasteiger partial charge in [-0.05, 0) is 26.1 Å². The minimum atomic E-state index is -0.695. The molecule has 1 heterocycles. The zero-order chi connectivity index (χ0) is 16.0. The highest BCUT2D eigenvalue weighted by atomic mass is 35.5. The van der Waals surface area contributed by atoms with Crippen LogP contribution in [0.15, 0.2) is 12.3 Å². The molecule has 0 radical (unpaired) electrons. The number of carbonyl (C=O) groups is 1. The third-order valence-corrected chi connectivity index (χ3v) is 3.39. The Labute approximate surface area is 128 Å². The Morgan fingerprint density at radius 2 is 2.14 bits per heavy atom. The van der Waals surface area contributed by atoms with E-state index in [2.05, 4.69) is 15.2 Å². The number of nitrogens with one attached hydrogen (secondary N) is 1. The number of likely N-dealkylation sites (N-methyl/N-ethyl adjacent to an activating group) is 1. The third kappa shape index (κ3) is 4.64. The first-order chi connectivity index (χ1) is 9.90. The molecule has 1 aromatic heterocycles. The van der Waals surface area contributed by atoms with E-state index in [1.54, 1.807) is 0 Å². The van der Waals surface area contributed by atoms with Gasteiger partial charge in [0.05, 0.1) is 4.92 Å². The summed E-state index contributed by atoms with van der Waals surface area (Å²) in [5, 5.41) is 13.5. The zero-order valence-corrected chi connectivity index (χ0v) is 13.1. The minimum Gasteiger partial charge on any atom is -0.348 e. The molecule has 8 heteroatoms. The van der Waals surface area contributed by atoms with Crippen molar-refractivity contribution in [3.05, 3.63) is 33.1 Å². The van der Waals surface area contributed by atoms with Gasteiger partial charge in [0.25, 0.3) is 5.91 Å². The summed E-state index contributed by atoms with van der Waals surface area (Å²) < 4.78 is 0. The van der Waals surface area contributed by atoms with Gasteiger partial charge < -0.3 is 10.2 Å². The molecule has 0 aliphatic rings. The van der Waals surface area contributed by atoms with Gasteiger partial charge >= 0.3 is 5.69 Å². The maximum atomic E-state index is 12.2. The van der Waals surface area contributed by atoms with Crippen LogP contribution in [-0.2, 0) is 0 Å². The lowest BCUT2D eigenvalue weighted by molar-refractivity contribution is -0.385. The van der Waals surface area contributed by atoms with Crippen LogP contribution in [0.1, 0.15) is 31.1 Å². The Hall–Kier alpha value is -1.73. The number of rotatable bonds is 7. The first kappa shape index (κ1) is 17.3. The van der Waals surface area contributed by atoms with Crippen LogP contribution in [0.25, 0.3) is 0 Å². The van der Waals surface area contributed by atoms with Crippen molar-refractivity contribution >= 4 is 23.2 Å². The molecular weight excluding hydrogens is 296 g/mol. The molecule has 1 atom stereocenters. The monoisotopic (exact) mass is 314 g/mol. The molecule has 1 amide bonds. The van der Waals surface area contributed by atoms with E-state index in [-0.39, 0.29) is 16.8 Å². The lowest BCUT2D eigenvalue weighted by Gasteiger charge is -2.23. The highest BCUT2D eigenvalue weighted by molar-refractivity contribution is 6.32. The van der Waals surface area contributed by atoms with Crippen molar-refractivity contribution in [2.75, 3.05) is 19.6 Å². The number of carbonyl (C=O) groups excluding carboxylic acids is 1. The summed E-state index contributed by atoms with van der Waals surface area (Å²) in [7, 11) is 0. The van der Waals surface area contributed by atoms with Gasteiger partial charge in [-0.15, -0.1) is 0 Å². The molecule has 0 saturated carbocycles. The summed E-state index contributed by atoms with van der Waals surface area (Å²) in [4.78, 5) is 28.3. The Morgan fingerprint density at radius 1 is 1.52 bits per heavy atom. The molecule has 7 nitrogen and oxygen atoms in total. The van der Waals surface area contributed by atoms with E-state index in [1.165, 1.54) is 12.3 Å². The van der Waals surface area contributed by atoms with Gasteiger partial charge in [0.15, 0.2) is 0 Å². The van der Waals surface area contributed by atoms with E-state index in [4.69, 9.17) is 11.6 Å². The Balaban J connectivity index is 2.85. The van der Waals surface area contributed by atoms with Crippen molar-refractivity contribution in [2.45, 2.75) is 26.8 Å². The molecule has 0 bridgehead atoms. The van der Waals surface area contributed by atoms with Crippen LogP contribution in [0.3, 0.4) is 0 Å². The molecule has 0 saturated heterocycles. The molecule has 1 aromatic rings. The molecule has 1 rings (SSSR count). The third-order valence-electron chi connectivity index (χ3n) is 3.11. The van der Waals surface area contributed by atoms with E-state index in [0.717, 1.165) is 13.1 Å². The van der Waals surface area contributed by atoms with Gasteiger partial charge in [0.2, 0.25) is 5.15 Å². The SMILES string of the molecule is CCN(CC)CC(C)NC(=O)c1ccnc(Cl)c1[N+](=O)[O-]. The van der Waals surface area contributed by atoms with E-state index in [0.29, 0.717) is 6.54 Å². The normalized spacial score (nSPS) is 12.2. The van der Waals surface area contributed by atoms with Crippen molar-refractivity contribution in [3.63, 3.8) is 0 Å². The van der Waals surface area contributed by atoms with Gasteiger partial charge in [-0.1, -0.05) is 25.4 Å². The van der Waals surface area contributed by atoms with Crippen molar-refractivity contribution in [1.82, 2.24) is 15.2 Å². The summed E-state index contributed by atoms with van der Waals surface area (Å²) in [6, 6.07) is 1.16. The summed E-state index contributed by atoms with van der Waals surface area (Å²) in [6.07, 6.45) is 1.28. The second kappa shape index (κ2) is 7.90. The molecule has 1 N–H and O–H groups in total. The predicted molar refractivity (Wildman–Crippen MR) is 80.6 cm³/mol. The number of amides is 1. The van der Waals surface area contributed by atoms with Crippen LogP contribution < -0.4 is 5.32 Å². The van der Waals surface area contributed by atoms with Gasteiger partial charge in [-0.25, -0.2) is 4.98 Å². The fraction of sp³-hybridized carbons (Fsp3) is 0.538. The van der Waals surface area contributed by atoms with Gasteiger partial charge in [0.1, 0.15) is 5.56 Å². The predicted octanol–water partition coefficient (Wildman–Crippen LogP) is 2.10. The zero-order valence-electron chi connectivity index (χ0n) is 12.3. The van der Waals surface area contributed by atoms with Crippen molar-refractivity contribution in [2.24, 2.45) is 0 Å². The van der Waals surface area contributed by atoms with Gasteiger partial charge in [0, 0.05) is 18.8 Å². The number of nitrogens with zero attached hydrogens (tertiary/aromatic N) is 3. The van der Waals surface area contributed by atoms with Crippen LogP contribution in [0.2, 0.25) is 5.15 Å². The highest BCUT2D eigenvalue weighted by Crippen LogP contribution is 2.25. The minimum absolute atomic E-state index is 0.0774. The number of aromatic nitrogens is 1. The average Bonchev–Trinajstić information content (AvgIpc) is 2.43. The van der Waals surface area contributed by atoms with Crippen molar-refractivity contribution in [3.8, 4) is 0 Å². The number of hydrogen-bond donors (Lipinski definition) is 1. The van der Waals surface area contributed by atoms with Crippen LogP contribution >= 0.6 is 11.6 Å². The molecule has 116 valence electrons. The fourth-order valence-corrected chi connectivity index (χ4v) is 2.23. The summed E-state index contributed by atoms with van der Waals surface area (Å²) in [5.41, 5.74) is -0.543. The first-order valence-electron chi connectivity index (χ1n) is 6.72. The Morgan fingerprint density at radius 3 is 2.67 bits per heavy atom. The van der Waals surface area contributed by atoms with Crippen LogP contribution in [-0.4, -0.2) is 46.4 Å².